The summed E-state index contributed by atoms with van der Waals surface area (Å²) in [5, 5.41) is 8.41. The molecule has 0 bridgehead atoms. The van der Waals surface area contributed by atoms with Crippen molar-refractivity contribution in [3.8, 4) is 0 Å². The lowest BCUT2D eigenvalue weighted by Gasteiger charge is -1.97. The number of hydrazone groups is 1. The number of amides is 1. The van der Waals surface area contributed by atoms with E-state index < -0.39 is 0 Å². The molecule has 1 heterocycles. The van der Waals surface area contributed by atoms with Crippen molar-refractivity contribution in [3.63, 3.8) is 0 Å². The fraction of sp³-hybridized carbons (Fsp3) is 0.222. The van der Waals surface area contributed by atoms with Crippen LogP contribution in [0.25, 0.3) is 0 Å². The van der Waals surface area contributed by atoms with Crippen molar-refractivity contribution in [2.45, 2.75) is 0 Å². The zero-order valence-corrected chi connectivity index (χ0v) is 9.34. The minimum Gasteiger partial charge on any atom is -0.372 e. The Kier molecular flexibility index (Phi) is 4.49. The van der Waals surface area contributed by atoms with Gasteiger partial charge in [0.1, 0.15) is 5.84 Å². The van der Waals surface area contributed by atoms with Crippen LogP contribution in [0.15, 0.2) is 27.6 Å². The quantitative estimate of drug-likeness (QED) is 0.458. The molecule has 1 aromatic heterocycles. The molecular formula is C9H14N4OS. The van der Waals surface area contributed by atoms with Crippen LogP contribution >= 0.6 is 11.3 Å². The number of nitrogens with zero attached hydrogens (tertiary/aromatic N) is 2. The number of carbonyl (C=O) groups is 1. The predicted molar refractivity (Wildman–Crippen MR) is 64.8 cm³/mol. The summed E-state index contributed by atoms with van der Waals surface area (Å²) in [6.45, 7) is 0. The fourth-order valence-corrected chi connectivity index (χ4v) is 1.46. The van der Waals surface area contributed by atoms with Gasteiger partial charge in [0.2, 0.25) is 0 Å². The maximum Gasteiger partial charge on any atom is 0.281 e. The number of thiophene rings is 1. The number of hydrogen-bond donors (Lipinski definition) is 2. The third kappa shape index (κ3) is 3.51. The summed E-state index contributed by atoms with van der Waals surface area (Å²) in [5.74, 6) is 0.384. The van der Waals surface area contributed by atoms with Gasteiger partial charge in [-0.1, -0.05) is 6.07 Å². The first-order valence-corrected chi connectivity index (χ1v) is 5.17. The van der Waals surface area contributed by atoms with E-state index in [0.29, 0.717) is 10.7 Å². The van der Waals surface area contributed by atoms with Crippen LogP contribution in [0.3, 0.4) is 0 Å². The van der Waals surface area contributed by atoms with Gasteiger partial charge in [-0.15, -0.1) is 11.3 Å². The Bertz CT molecular complexity index is 375. The van der Waals surface area contributed by atoms with Crippen LogP contribution in [0, 0.1) is 0 Å². The van der Waals surface area contributed by atoms with E-state index in [1.165, 1.54) is 17.6 Å². The lowest BCUT2D eigenvalue weighted by atomic mass is 10.4. The third-order valence-corrected chi connectivity index (χ3v) is 2.46. The van der Waals surface area contributed by atoms with E-state index in [0.717, 1.165) is 0 Å². The van der Waals surface area contributed by atoms with Crippen LogP contribution in [0.2, 0.25) is 0 Å². The average Bonchev–Trinajstić information content (AvgIpc) is 2.77. The SMILES string of the molecule is CN=C(/C=N/NC(=O)c1cccs1)NC.[HH]. The standard InChI is InChI=1S/C9H12N4OS.H2/c1-10-8(11-2)6-12-13-9(14)7-4-3-5-15-7;/h3-6H,1-2H3,(H,10,11)(H,13,14);1H/b12-6+;. The molecule has 0 radical (unpaired) electrons. The van der Waals surface area contributed by atoms with E-state index in [9.17, 15) is 4.79 Å². The summed E-state index contributed by atoms with van der Waals surface area (Å²) in [6, 6.07) is 3.55. The van der Waals surface area contributed by atoms with Crippen molar-refractivity contribution < 1.29 is 6.22 Å². The maximum absolute atomic E-state index is 11.4. The zero-order chi connectivity index (χ0) is 11.1. The summed E-state index contributed by atoms with van der Waals surface area (Å²) >= 11 is 1.37. The Morgan fingerprint density at radius 2 is 2.47 bits per heavy atom. The molecule has 0 aliphatic rings. The molecule has 0 aromatic carbocycles. The Balaban J connectivity index is 0.00000225. The molecule has 1 rings (SSSR count). The lowest BCUT2D eigenvalue weighted by Crippen LogP contribution is -2.23. The van der Waals surface area contributed by atoms with Crippen molar-refractivity contribution in [2.75, 3.05) is 14.1 Å². The zero-order valence-electron chi connectivity index (χ0n) is 8.52. The van der Waals surface area contributed by atoms with Crippen molar-refractivity contribution in [1.82, 2.24) is 10.7 Å². The minimum atomic E-state index is -0.215. The van der Waals surface area contributed by atoms with Gasteiger partial charge in [-0.2, -0.15) is 5.10 Å². The molecule has 1 aromatic rings. The summed E-state index contributed by atoms with van der Waals surface area (Å²) < 4.78 is 0. The molecule has 0 saturated carbocycles. The van der Waals surface area contributed by atoms with Gasteiger partial charge in [-0.25, -0.2) is 5.43 Å². The highest BCUT2D eigenvalue weighted by Gasteiger charge is 2.03. The summed E-state index contributed by atoms with van der Waals surface area (Å²) in [4.78, 5) is 15.9. The average molecular weight is 226 g/mol. The number of hydrogen-bond acceptors (Lipinski definition) is 4. The molecule has 0 fully saturated rings. The summed E-state index contributed by atoms with van der Waals surface area (Å²) in [7, 11) is 3.37. The second-order valence-corrected chi connectivity index (χ2v) is 3.48. The molecule has 2 N–H and O–H groups in total. The van der Waals surface area contributed by atoms with E-state index >= 15 is 0 Å². The van der Waals surface area contributed by atoms with E-state index in [1.807, 2.05) is 11.4 Å². The molecule has 0 saturated heterocycles. The largest absolute Gasteiger partial charge is 0.372 e. The molecule has 0 atom stereocenters. The first-order chi connectivity index (χ1) is 7.27. The molecule has 15 heavy (non-hydrogen) atoms. The van der Waals surface area contributed by atoms with Crippen LogP contribution in [0.5, 0.6) is 0 Å². The van der Waals surface area contributed by atoms with E-state index in [2.05, 4.69) is 20.8 Å². The first-order valence-electron chi connectivity index (χ1n) is 4.29. The van der Waals surface area contributed by atoms with Crippen molar-refractivity contribution in [2.24, 2.45) is 10.1 Å². The normalized spacial score (nSPS) is 11.7. The number of carbonyl (C=O) groups excluding carboxylic acids is 1. The van der Waals surface area contributed by atoms with Crippen LogP contribution in [0.1, 0.15) is 11.1 Å². The Morgan fingerprint density at radius 1 is 1.67 bits per heavy atom. The highest BCUT2D eigenvalue weighted by Crippen LogP contribution is 2.07. The minimum absolute atomic E-state index is 0. The Hall–Kier alpha value is -1.69. The molecule has 0 aliphatic heterocycles. The van der Waals surface area contributed by atoms with Crippen molar-refractivity contribution in [3.05, 3.63) is 22.4 Å². The Morgan fingerprint density at radius 3 is 3.00 bits per heavy atom. The van der Waals surface area contributed by atoms with Crippen LogP contribution in [-0.4, -0.2) is 32.1 Å². The number of nitrogens with one attached hydrogen (secondary N) is 2. The second-order valence-electron chi connectivity index (χ2n) is 2.54. The summed E-state index contributed by atoms with van der Waals surface area (Å²) in [5.41, 5.74) is 2.40. The van der Waals surface area contributed by atoms with Crippen LogP contribution in [-0.2, 0) is 0 Å². The van der Waals surface area contributed by atoms with Gasteiger partial charge in [0.05, 0.1) is 11.1 Å². The van der Waals surface area contributed by atoms with Gasteiger partial charge in [-0.05, 0) is 11.4 Å². The van der Waals surface area contributed by atoms with Gasteiger partial charge in [0.15, 0.2) is 0 Å². The maximum atomic E-state index is 11.4. The first kappa shape index (κ1) is 11.4. The highest BCUT2D eigenvalue weighted by atomic mass is 32.1. The molecule has 82 valence electrons. The van der Waals surface area contributed by atoms with Crippen LogP contribution in [0.4, 0.5) is 0 Å². The van der Waals surface area contributed by atoms with Gasteiger partial charge in [0.25, 0.3) is 5.91 Å². The van der Waals surface area contributed by atoms with E-state index in [-0.39, 0.29) is 7.33 Å². The monoisotopic (exact) mass is 226 g/mol. The molecule has 6 heteroatoms. The molecular weight excluding hydrogens is 212 g/mol. The van der Waals surface area contributed by atoms with Crippen molar-refractivity contribution in [1.29, 1.82) is 0 Å². The van der Waals surface area contributed by atoms with Gasteiger partial charge in [-0.3, -0.25) is 9.79 Å². The van der Waals surface area contributed by atoms with E-state index in [4.69, 9.17) is 0 Å². The van der Waals surface area contributed by atoms with Crippen molar-refractivity contribution >= 4 is 29.3 Å². The van der Waals surface area contributed by atoms with Crippen LogP contribution < -0.4 is 10.7 Å². The molecule has 1 amide bonds. The second kappa shape index (κ2) is 5.92. The van der Waals surface area contributed by atoms with E-state index in [1.54, 1.807) is 20.2 Å². The molecule has 0 spiro atoms. The van der Waals surface area contributed by atoms with Gasteiger partial charge >= 0.3 is 0 Å². The number of rotatable bonds is 3. The summed E-state index contributed by atoms with van der Waals surface area (Å²) in [6.07, 6.45) is 1.45. The van der Waals surface area contributed by atoms with Gasteiger partial charge < -0.3 is 5.32 Å². The van der Waals surface area contributed by atoms with Gasteiger partial charge in [0, 0.05) is 15.5 Å². The fourth-order valence-electron chi connectivity index (χ4n) is 0.849. The number of aliphatic imine (C=N–C) groups is 1. The Labute approximate surface area is 93.4 Å². The third-order valence-electron chi connectivity index (χ3n) is 1.59. The topological polar surface area (TPSA) is 65.8 Å². The smallest absolute Gasteiger partial charge is 0.281 e. The predicted octanol–water partition coefficient (Wildman–Crippen LogP) is 0.957. The highest BCUT2D eigenvalue weighted by molar-refractivity contribution is 7.12. The molecule has 0 unspecified atom stereocenters. The number of amidine groups is 1. The molecule has 5 nitrogen and oxygen atoms in total. The molecule has 0 aliphatic carbocycles. The lowest BCUT2D eigenvalue weighted by molar-refractivity contribution is 0.0959.